The van der Waals surface area contributed by atoms with Crippen LogP contribution in [0, 0.1) is 6.92 Å². The third-order valence-electron chi connectivity index (χ3n) is 5.50. The largest absolute Gasteiger partial charge is 0.388 e. The highest BCUT2D eigenvalue weighted by atomic mass is 16.3. The fraction of sp³-hybridized carbons (Fsp3) is 0.333. The summed E-state index contributed by atoms with van der Waals surface area (Å²) in [6.45, 7) is 1.89. The Morgan fingerprint density at radius 2 is 1.89 bits per heavy atom. The van der Waals surface area contributed by atoms with Crippen LogP contribution < -0.4 is 5.32 Å². The lowest BCUT2D eigenvalue weighted by Gasteiger charge is -2.37. The second kappa shape index (κ2) is 6.61. The summed E-state index contributed by atoms with van der Waals surface area (Å²) in [5.74, 6) is 0.563. The lowest BCUT2D eigenvalue weighted by atomic mass is 9.85. The molecule has 0 bridgehead atoms. The molecule has 1 aromatic heterocycles. The molecule has 2 aromatic carbocycles. The fourth-order valence-electron chi connectivity index (χ4n) is 3.86. The number of aromatic nitrogens is 2. The molecule has 7 nitrogen and oxygen atoms in total. The van der Waals surface area contributed by atoms with E-state index in [1.165, 1.54) is 4.90 Å². The van der Waals surface area contributed by atoms with E-state index in [0.717, 1.165) is 16.9 Å². The van der Waals surface area contributed by atoms with E-state index in [4.69, 9.17) is 0 Å². The van der Waals surface area contributed by atoms with E-state index in [1.807, 2.05) is 48.9 Å². The Morgan fingerprint density at radius 3 is 2.54 bits per heavy atom. The van der Waals surface area contributed by atoms with Crippen LogP contribution in [0.2, 0.25) is 0 Å². The molecule has 3 atom stereocenters. The summed E-state index contributed by atoms with van der Waals surface area (Å²) in [6.07, 6.45) is -2.32. The number of hydrogen-bond donors (Lipinski definition) is 3. The highest BCUT2D eigenvalue weighted by Crippen LogP contribution is 2.44. The number of carbonyl (C=O) groups is 1. The maximum atomic E-state index is 12.9. The Hall–Kier alpha value is -2.90. The summed E-state index contributed by atoms with van der Waals surface area (Å²) in [6, 6.07) is 10.7. The molecule has 0 saturated carbocycles. The molecule has 4 rings (SSSR count). The predicted molar refractivity (Wildman–Crippen MR) is 107 cm³/mol. The fourth-order valence-corrected chi connectivity index (χ4v) is 3.86. The number of aryl methyl sites for hydroxylation is 2. The van der Waals surface area contributed by atoms with Crippen molar-refractivity contribution in [1.29, 1.82) is 0 Å². The van der Waals surface area contributed by atoms with E-state index in [0.29, 0.717) is 22.3 Å². The lowest BCUT2D eigenvalue weighted by molar-refractivity contribution is 0.00147. The number of carbonyl (C=O) groups excluding carboxylic acids is 1. The molecule has 1 aliphatic heterocycles. The molecule has 1 aliphatic rings. The van der Waals surface area contributed by atoms with Gasteiger partial charge in [0.2, 0.25) is 0 Å². The van der Waals surface area contributed by atoms with Gasteiger partial charge in [-0.05, 0) is 18.6 Å². The van der Waals surface area contributed by atoms with Crippen molar-refractivity contribution >= 4 is 22.6 Å². The number of rotatable bonds is 2. The summed E-state index contributed by atoms with van der Waals surface area (Å²) in [5.41, 5.74) is 3.68. The molecule has 0 spiro atoms. The van der Waals surface area contributed by atoms with Gasteiger partial charge in [-0.1, -0.05) is 30.3 Å². The van der Waals surface area contributed by atoms with Crippen LogP contribution in [0.1, 0.15) is 39.5 Å². The lowest BCUT2D eigenvalue weighted by Crippen LogP contribution is -2.38. The molecule has 2 heterocycles. The number of anilines is 1. The maximum Gasteiger partial charge on any atom is 0.253 e. The number of imidazole rings is 1. The quantitative estimate of drug-likeness (QED) is 0.634. The van der Waals surface area contributed by atoms with Gasteiger partial charge < -0.3 is 25.0 Å². The molecule has 1 amide bonds. The van der Waals surface area contributed by atoms with Crippen LogP contribution in [0.25, 0.3) is 11.0 Å². The van der Waals surface area contributed by atoms with Crippen molar-refractivity contribution in [1.82, 2.24) is 14.5 Å². The van der Waals surface area contributed by atoms with Gasteiger partial charge in [-0.15, -0.1) is 0 Å². The van der Waals surface area contributed by atoms with Crippen LogP contribution in [-0.2, 0) is 7.05 Å². The third-order valence-corrected chi connectivity index (χ3v) is 5.50. The Kier molecular flexibility index (Phi) is 4.36. The van der Waals surface area contributed by atoms with Gasteiger partial charge in [0.25, 0.3) is 5.91 Å². The first-order chi connectivity index (χ1) is 13.3. The Labute approximate surface area is 163 Å². The molecule has 0 radical (unpaired) electrons. The number of nitrogens with one attached hydrogen (secondary N) is 1. The molecular weight excluding hydrogens is 356 g/mol. The van der Waals surface area contributed by atoms with Crippen LogP contribution in [-0.4, -0.2) is 50.8 Å². The molecular formula is C21H24N4O3. The number of hydrogen-bond acceptors (Lipinski definition) is 5. The zero-order chi connectivity index (χ0) is 20.2. The number of benzene rings is 2. The normalized spacial score (nSPS) is 21.3. The monoisotopic (exact) mass is 380 g/mol. The molecule has 3 aromatic rings. The van der Waals surface area contributed by atoms with E-state index in [2.05, 4.69) is 10.3 Å². The van der Waals surface area contributed by atoms with E-state index in [1.54, 1.807) is 20.2 Å². The summed E-state index contributed by atoms with van der Waals surface area (Å²) >= 11 is 0. The second-order valence-corrected chi connectivity index (χ2v) is 7.47. The summed E-state index contributed by atoms with van der Waals surface area (Å²) in [7, 11) is 5.22. The van der Waals surface area contributed by atoms with Crippen molar-refractivity contribution in [3.63, 3.8) is 0 Å². The first kappa shape index (κ1) is 18.5. The van der Waals surface area contributed by atoms with E-state index in [9.17, 15) is 15.0 Å². The van der Waals surface area contributed by atoms with Gasteiger partial charge in [-0.3, -0.25) is 4.79 Å². The first-order valence-corrected chi connectivity index (χ1v) is 9.20. The standard InChI is InChI=1S/C21H24N4O3/c1-11-22-17-14(25(11)4)10-13(21(28)24(2)3)15-18(17)23-16(20(27)19(15)26)12-8-6-5-7-9-12/h5-10,16,19-20,23,26-27H,1-4H3/t16-,19?,20-/m1/s1. The molecule has 3 N–H and O–H groups in total. The van der Waals surface area contributed by atoms with E-state index >= 15 is 0 Å². The van der Waals surface area contributed by atoms with E-state index < -0.39 is 18.2 Å². The van der Waals surface area contributed by atoms with Crippen LogP contribution in [0.5, 0.6) is 0 Å². The van der Waals surface area contributed by atoms with Crippen molar-refractivity contribution in [3.8, 4) is 0 Å². The molecule has 146 valence electrons. The van der Waals surface area contributed by atoms with Crippen molar-refractivity contribution < 1.29 is 15.0 Å². The molecule has 0 fully saturated rings. The van der Waals surface area contributed by atoms with Crippen molar-refractivity contribution in [3.05, 3.63) is 58.9 Å². The highest BCUT2D eigenvalue weighted by molar-refractivity contribution is 6.04. The van der Waals surface area contributed by atoms with Crippen molar-refractivity contribution in [2.75, 3.05) is 19.4 Å². The smallest absolute Gasteiger partial charge is 0.253 e. The molecule has 0 aliphatic carbocycles. The Bertz CT molecular complexity index is 1060. The number of nitrogens with zero attached hydrogens (tertiary/aromatic N) is 3. The molecule has 28 heavy (non-hydrogen) atoms. The maximum absolute atomic E-state index is 12.9. The van der Waals surface area contributed by atoms with Crippen LogP contribution in [0.3, 0.4) is 0 Å². The summed E-state index contributed by atoms with van der Waals surface area (Å²) in [5, 5.41) is 25.2. The topological polar surface area (TPSA) is 90.6 Å². The van der Waals surface area contributed by atoms with Gasteiger partial charge in [0.05, 0.1) is 17.2 Å². The molecule has 7 heteroatoms. The number of fused-ring (bicyclic) bond motifs is 3. The summed E-state index contributed by atoms with van der Waals surface area (Å²) in [4.78, 5) is 19.0. The minimum Gasteiger partial charge on any atom is -0.388 e. The number of aliphatic hydroxyl groups excluding tert-OH is 2. The van der Waals surface area contributed by atoms with Gasteiger partial charge in [-0.25, -0.2) is 4.98 Å². The van der Waals surface area contributed by atoms with Crippen LogP contribution in [0.4, 0.5) is 5.69 Å². The zero-order valence-corrected chi connectivity index (χ0v) is 16.3. The SMILES string of the molecule is Cc1nc2c3c(c(C(=O)N(C)C)cc2n1C)C(O)[C@H](O)[C@@H](c1ccccc1)N3. The molecule has 1 unspecified atom stereocenters. The van der Waals surface area contributed by atoms with E-state index in [-0.39, 0.29) is 5.91 Å². The number of amides is 1. The first-order valence-electron chi connectivity index (χ1n) is 9.20. The third kappa shape index (κ3) is 2.66. The van der Waals surface area contributed by atoms with Gasteiger partial charge in [0.15, 0.2) is 0 Å². The van der Waals surface area contributed by atoms with Gasteiger partial charge in [0.1, 0.15) is 23.5 Å². The zero-order valence-electron chi connectivity index (χ0n) is 16.3. The van der Waals surface area contributed by atoms with Crippen LogP contribution in [0.15, 0.2) is 36.4 Å². The Morgan fingerprint density at radius 1 is 1.21 bits per heavy atom. The highest BCUT2D eigenvalue weighted by Gasteiger charge is 2.39. The number of aliphatic hydroxyl groups is 2. The predicted octanol–water partition coefficient (Wildman–Crippen LogP) is 2.14. The van der Waals surface area contributed by atoms with Crippen LogP contribution >= 0.6 is 0 Å². The second-order valence-electron chi connectivity index (χ2n) is 7.47. The Balaban J connectivity index is 1.99. The van der Waals surface area contributed by atoms with Gasteiger partial charge in [0, 0.05) is 32.3 Å². The van der Waals surface area contributed by atoms with Crippen molar-refractivity contribution in [2.24, 2.45) is 7.05 Å². The average Bonchev–Trinajstić information content (AvgIpc) is 2.98. The minimum absolute atomic E-state index is 0.233. The minimum atomic E-state index is -1.22. The average molecular weight is 380 g/mol. The van der Waals surface area contributed by atoms with Gasteiger partial charge >= 0.3 is 0 Å². The molecule has 0 saturated heterocycles. The van der Waals surface area contributed by atoms with Crippen molar-refractivity contribution in [2.45, 2.75) is 25.2 Å². The van der Waals surface area contributed by atoms with Gasteiger partial charge in [-0.2, -0.15) is 0 Å². The summed E-state index contributed by atoms with van der Waals surface area (Å²) < 4.78 is 1.92.